The van der Waals surface area contributed by atoms with Crippen molar-refractivity contribution in [1.82, 2.24) is 4.90 Å². The molecule has 0 aromatic rings. The maximum absolute atomic E-state index is 12.4. The van der Waals surface area contributed by atoms with Crippen molar-refractivity contribution in [3.8, 4) is 0 Å². The monoisotopic (exact) mass is 303 g/mol. The summed E-state index contributed by atoms with van der Waals surface area (Å²) in [5.41, 5.74) is 0. The standard InChI is InChI=1S/C13H22BrNO2/c1-10-6-9-17-12(10)13(16)15-8-3-5-11(15)4-2-7-14/h10-12H,2-9H2,1H3. The van der Waals surface area contributed by atoms with Gasteiger partial charge < -0.3 is 9.64 Å². The van der Waals surface area contributed by atoms with E-state index in [9.17, 15) is 4.79 Å². The van der Waals surface area contributed by atoms with Gasteiger partial charge in [0, 0.05) is 24.5 Å². The Morgan fingerprint density at radius 3 is 2.94 bits per heavy atom. The minimum Gasteiger partial charge on any atom is -0.368 e. The van der Waals surface area contributed by atoms with E-state index in [4.69, 9.17) is 4.74 Å². The Balaban J connectivity index is 1.93. The number of halogens is 1. The molecule has 3 atom stereocenters. The molecule has 3 nitrogen and oxygen atoms in total. The Morgan fingerprint density at radius 2 is 2.29 bits per heavy atom. The van der Waals surface area contributed by atoms with Crippen LogP contribution in [0.3, 0.4) is 0 Å². The van der Waals surface area contributed by atoms with E-state index in [0.717, 1.165) is 44.2 Å². The van der Waals surface area contributed by atoms with Crippen molar-refractivity contribution in [2.45, 2.75) is 51.2 Å². The second-order valence-corrected chi connectivity index (χ2v) is 6.01. The van der Waals surface area contributed by atoms with Crippen LogP contribution in [0.4, 0.5) is 0 Å². The molecule has 2 fully saturated rings. The third-order valence-electron chi connectivity index (χ3n) is 3.96. The van der Waals surface area contributed by atoms with E-state index in [0.29, 0.717) is 12.0 Å². The summed E-state index contributed by atoms with van der Waals surface area (Å²) in [7, 11) is 0. The van der Waals surface area contributed by atoms with Gasteiger partial charge in [-0.15, -0.1) is 0 Å². The quantitative estimate of drug-likeness (QED) is 0.747. The van der Waals surface area contributed by atoms with Crippen LogP contribution in [0.25, 0.3) is 0 Å². The lowest BCUT2D eigenvalue weighted by Gasteiger charge is -2.28. The normalized spacial score (nSPS) is 33.3. The molecule has 2 aliphatic rings. The van der Waals surface area contributed by atoms with Crippen LogP contribution in [0.15, 0.2) is 0 Å². The molecule has 17 heavy (non-hydrogen) atoms. The van der Waals surface area contributed by atoms with Gasteiger partial charge in [0.1, 0.15) is 6.10 Å². The Morgan fingerprint density at radius 1 is 1.47 bits per heavy atom. The van der Waals surface area contributed by atoms with Crippen LogP contribution < -0.4 is 0 Å². The Kier molecular flexibility index (Phi) is 4.86. The maximum atomic E-state index is 12.4. The molecule has 3 unspecified atom stereocenters. The highest BCUT2D eigenvalue weighted by atomic mass is 79.9. The van der Waals surface area contributed by atoms with Gasteiger partial charge in [0.05, 0.1) is 0 Å². The van der Waals surface area contributed by atoms with E-state index in [2.05, 4.69) is 27.8 Å². The molecule has 0 saturated carbocycles. The van der Waals surface area contributed by atoms with Crippen LogP contribution >= 0.6 is 15.9 Å². The molecule has 0 aliphatic carbocycles. The summed E-state index contributed by atoms with van der Waals surface area (Å²) in [6.07, 6.45) is 5.45. The van der Waals surface area contributed by atoms with Crippen LogP contribution in [-0.2, 0) is 9.53 Å². The topological polar surface area (TPSA) is 29.5 Å². The van der Waals surface area contributed by atoms with Crippen LogP contribution in [-0.4, -0.2) is 41.4 Å². The third-order valence-corrected chi connectivity index (χ3v) is 4.52. The summed E-state index contributed by atoms with van der Waals surface area (Å²) in [5, 5.41) is 1.03. The van der Waals surface area contributed by atoms with Gasteiger partial charge in [0.15, 0.2) is 0 Å². The van der Waals surface area contributed by atoms with Crippen LogP contribution in [0.1, 0.15) is 39.0 Å². The number of hydrogen-bond acceptors (Lipinski definition) is 2. The number of amides is 1. The predicted molar refractivity (Wildman–Crippen MR) is 71.3 cm³/mol. The number of carbonyl (C=O) groups excluding carboxylic acids is 1. The Hall–Kier alpha value is -0.0900. The zero-order valence-corrected chi connectivity index (χ0v) is 12.1. The van der Waals surface area contributed by atoms with Crippen molar-refractivity contribution in [2.24, 2.45) is 5.92 Å². The van der Waals surface area contributed by atoms with Gasteiger partial charge >= 0.3 is 0 Å². The van der Waals surface area contributed by atoms with Crippen molar-refractivity contribution < 1.29 is 9.53 Å². The zero-order chi connectivity index (χ0) is 12.3. The van der Waals surface area contributed by atoms with Gasteiger partial charge in [-0.05, 0) is 38.0 Å². The fourth-order valence-corrected chi connectivity index (χ4v) is 3.24. The third kappa shape index (κ3) is 3.02. The van der Waals surface area contributed by atoms with E-state index in [1.807, 2.05) is 0 Å². The first-order valence-electron chi connectivity index (χ1n) is 6.72. The summed E-state index contributed by atoms with van der Waals surface area (Å²) in [6, 6.07) is 0.455. The molecule has 2 saturated heterocycles. The van der Waals surface area contributed by atoms with Crippen molar-refractivity contribution in [3.05, 3.63) is 0 Å². The molecule has 98 valence electrons. The second kappa shape index (κ2) is 6.19. The molecule has 2 aliphatic heterocycles. The highest BCUT2D eigenvalue weighted by Gasteiger charge is 2.38. The van der Waals surface area contributed by atoms with Gasteiger partial charge in [-0.3, -0.25) is 4.79 Å². The Labute approximate surface area is 112 Å². The van der Waals surface area contributed by atoms with Crippen molar-refractivity contribution >= 4 is 21.8 Å². The minimum atomic E-state index is -0.167. The van der Waals surface area contributed by atoms with E-state index >= 15 is 0 Å². The number of likely N-dealkylation sites (tertiary alicyclic amines) is 1. The molecule has 1 amide bonds. The first kappa shape index (κ1) is 13.3. The molecule has 2 rings (SSSR count). The van der Waals surface area contributed by atoms with Crippen molar-refractivity contribution in [3.63, 3.8) is 0 Å². The van der Waals surface area contributed by atoms with Gasteiger partial charge in [0.2, 0.25) is 0 Å². The molecule has 4 heteroatoms. The molecule has 0 spiro atoms. The summed E-state index contributed by atoms with van der Waals surface area (Å²) >= 11 is 3.46. The van der Waals surface area contributed by atoms with E-state index < -0.39 is 0 Å². The number of nitrogens with zero attached hydrogens (tertiary/aromatic N) is 1. The first-order valence-corrected chi connectivity index (χ1v) is 7.84. The number of rotatable bonds is 4. The molecule has 0 N–H and O–H groups in total. The molecular weight excluding hydrogens is 282 g/mol. The first-order chi connectivity index (χ1) is 8.24. The lowest BCUT2D eigenvalue weighted by molar-refractivity contribution is -0.143. The van der Waals surface area contributed by atoms with Gasteiger partial charge in [-0.2, -0.15) is 0 Å². The number of hydrogen-bond donors (Lipinski definition) is 0. The van der Waals surface area contributed by atoms with Gasteiger partial charge in [0.25, 0.3) is 5.91 Å². The SMILES string of the molecule is CC1CCOC1C(=O)N1CCCC1CCCBr. The van der Waals surface area contributed by atoms with Crippen LogP contribution in [0, 0.1) is 5.92 Å². The second-order valence-electron chi connectivity index (χ2n) is 5.22. The van der Waals surface area contributed by atoms with Gasteiger partial charge in [-0.1, -0.05) is 22.9 Å². The lowest BCUT2D eigenvalue weighted by atomic mass is 10.0. The molecular formula is C13H22BrNO2. The van der Waals surface area contributed by atoms with E-state index in [1.54, 1.807) is 0 Å². The van der Waals surface area contributed by atoms with E-state index in [1.165, 1.54) is 6.42 Å². The summed E-state index contributed by atoms with van der Waals surface area (Å²) in [5.74, 6) is 0.631. The smallest absolute Gasteiger partial charge is 0.252 e. The predicted octanol–water partition coefficient (Wildman–Crippen LogP) is 2.58. The highest BCUT2D eigenvalue weighted by molar-refractivity contribution is 9.09. The molecule has 0 aromatic carbocycles. The minimum absolute atomic E-state index is 0.167. The van der Waals surface area contributed by atoms with Crippen molar-refractivity contribution in [1.29, 1.82) is 0 Å². The van der Waals surface area contributed by atoms with E-state index in [-0.39, 0.29) is 12.0 Å². The average Bonchev–Trinajstić information content (AvgIpc) is 2.94. The van der Waals surface area contributed by atoms with Crippen molar-refractivity contribution in [2.75, 3.05) is 18.5 Å². The molecule has 0 bridgehead atoms. The zero-order valence-electron chi connectivity index (χ0n) is 10.5. The van der Waals surface area contributed by atoms with Gasteiger partial charge in [-0.25, -0.2) is 0 Å². The van der Waals surface area contributed by atoms with Crippen LogP contribution in [0.5, 0.6) is 0 Å². The number of alkyl halides is 1. The lowest BCUT2D eigenvalue weighted by Crippen LogP contribution is -2.43. The van der Waals surface area contributed by atoms with Crippen LogP contribution in [0.2, 0.25) is 0 Å². The summed E-state index contributed by atoms with van der Waals surface area (Å²) in [6.45, 7) is 3.80. The molecule has 2 heterocycles. The highest BCUT2D eigenvalue weighted by Crippen LogP contribution is 2.27. The fourth-order valence-electron chi connectivity index (χ4n) is 2.91. The summed E-state index contributed by atoms with van der Waals surface area (Å²) < 4.78 is 5.59. The largest absolute Gasteiger partial charge is 0.368 e. The Bertz CT molecular complexity index is 272. The fraction of sp³-hybridized carbons (Fsp3) is 0.923. The molecule has 0 aromatic heterocycles. The molecule has 0 radical (unpaired) electrons. The average molecular weight is 304 g/mol. The summed E-state index contributed by atoms with van der Waals surface area (Å²) in [4.78, 5) is 14.5. The number of carbonyl (C=O) groups is 1. The number of ether oxygens (including phenoxy) is 1. The maximum Gasteiger partial charge on any atom is 0.252 e.